The van der Waals surface area contributed by atoms with Gasteiger partial charge in [-0.15, -0.1) is 0 Å². The van der Waals surface area contributed by atoms with Crippen molar-refractivity contribution in [2.45, 2.75) is 149 Å². The summed E-state index contributed by atoms with van der Waals surface area (Å²) in [5.41, 5.74) is 2.03. The molecule has 1 heterocycles. The van der Waals surface area contributed by atoms with Gasteiger partial charge in [0, 0.05) is 18.1 Å². The lowest BCUT2D eigenvalue weighted by atomic mass is 9.82. The van der Waals surface area contributed by atoms with Crippen LogP contribution >= 0.6 is 0 Å². The molecule has 3 nitrogen and oxygen atoms in total. The third-order valence-electron chi connectivity index (χ3n) is 8.82. The van der Waals surface area contributed by atoms with Gasteiger partial charge in [0.05, 0.1) is 5.56 Å². The number of carbonyl (C=O) groups is 1. The smallest absolute Gasteiger partial charge is 0.308 e. The van der Waals surface area contributed by atoms with Crippen molar-refractivity contribution in [1.82, 2.24) is 0 Å². The normalized spacial score (nSPS) is 16.4. The van der Waals surface area contributed by atoms with E-state index in [1.807, 2.05) is 13.8 Å². The molecule has 2 aromatic rings. The monoisotopic (exact) mass is 570 g/mol. The summed E-state index contributed by atoms with van der Waals surface area (Å²) in [5, 5.41) is 0. The molecule has 1 atom stereocenters. The molecule has 1 aliphatic rings. The Bertz CT molecular complexity index is 1120. The highest BCUT2D eigenvalue weighted by Gasteiger charge is 2.36. The van der Waals surface area contributed by atoms with E-state index in [9.17, 15) is 4.79 Å². The molecule has 0 radical (unpaired) electrons. The highest BCUT2D eigenvalue weighted by atomic mass is 19.1. The van der Waals surface area contributed by atoms with Gasteiger partial charge in [-0.25, -0.2) is 8.78 Å². The Hall–Kier alpha value is -2.43. The fourth-order valence-corrected chi connectivity index (χ4v) is 6.21. The molecule has 0 aromatic heterocycles. The van der Waals surface area contributed by atoms with Crippen molar-refractivity contribution in [3.63, 3.8) is 0 Å². The Morgan fingerprint density at radius 1 is 0.829 bits per heavy atom. The lowest BCUT2D eigenvalue weighted by Crippen LogP contribution is -2.37. The van der Waals surface area contributed by atoms with Crippen LogP contribution in [0.5, 0.6) is 11.5 Å². The van der Waals surface area contributed by atoms with E-state index in [0.717, 1.165) is 24.8 Å². The fourth-order valence-electron chi connectivity index (χ4n) is 6.21. The van der Waals surface area contributed by atoms with Crippen molar-refractivity contribution < 1.29 is 23.0 Å². The van der Waals surface area contributed by atoms with Gasteiger partial charge in [-0.2, -0.15) is 0 Å². The van der Waals surface area contributed by atoms with Crippen molar-refractivity contribution >= 4 is 5.97 Å². The molecule has 5 heteroatoms. The zero-order valence-corrected chi connectivity index (χ0v) is 26.2. The molecule has 3 rings (SSSR count). The number of rotatable bonds is 17. The minimum absolute atomic E-state index is 0.165. The van der Waals surface area contributed by atoms with E-state index in [1.54, 1.807) is 0 Å². The number of hydrogen-bond donors (Lipinski definition) is 0. The first-order valence-electron chi connectivity index (χ1n) is 16.2. The molecule has 0 bridgehead atoms. The molecule has 0 amide bonds. The number of unbranched alkanes of at least 4 members (excludes halogenated alkanes) is 13. The summed E-state index contributed by atoms with van der Waals surface area (Å²) in [7, 11) is 0. The zero-order valence-electron chi connectivity index (χ0n) is 26.2. The van der Waals surface area contributed by atoms with Crippen LogP contribution in [0, 0.1) is 25.5 Å². The molecule has 0 aliphatic carbocycles. The summed E-state index contributed by atoms with van der Waals surface area (Å²) in [4.78, 5) is 12.0. The topological polar surface area (TPSA) is 35.5 Å². The fraction of sp³-hybridized carbons (Fsp3) is 0.639. The maximum absolute atomic E-state index is 15.0. The van der Waals surface area contributed by atoms with Crippen LogP contribution in [0.2, 0.25) is 0 Å². The van der Waals surface area contributed by atoms with Crippen LogP contribution in [-0.4, -0.2) is 11.6 Å². The van der Waals surface area contributed by atoms with Crippen LogP contribution in [0.1, 0.15) is 140 Å². The van der Waals surface area contributed by atoms with Crippen LogP contribution in [-0.2, 0) is 11.2 Å². The van der Waals surface area contributed by atoms with Crippen LogP contribution < -0.4 is 9.47 Å². The average molecular weight is 571 g/mol. The maximum Gasteiger partial charge on any atom is 0.308 e. The molecular weight excluding hydrogens is 518 g/mol. The number of ether oxygens (including phenoxy) is 2. The number of esters is 1. The van der Waals surface area contributed by atoms with Crippen molar-refractivity contribution in [2.75, 3.05) is 0 Å². The Morgan fingerprint density at radius 2 is 1.34 bits per heavy atom. The minimum Gasteiger partial charge on any atom is -0.487 e. The SMILES string of the molecule is CCCCCCCCCCCCCCCC[C@]1(C)CCc2c(c(C)c(C)c(OC(C)=O)c2-c2c(F)cccc2F)O1. The zero-order chi connectivity index (χ0) is 29.8. The van der Waals surface area contributed by atoms with Crippen molar-refractivity contribution in [3.8, 4) is 22.6 Å². The van der Waals surface area contributed by atoms with Crippen molar-refractivity contribution in [3.05, 3.63) is 46.5 Å². The van der Waals surface area contributed by atoms with Gasteiger partial charge < -0.3 is 9.47 Å². The molecule has 2 aromatic carbocycles. The van der Waals surface area contributed by atoms with Crippen LogP contribution in [0.25, 0.3) is 11.1 Å². The van der Waals surface area contributed by atoms with E-state index in [-0.39, 0.29) is 16.9 Å². The van der Waals surface area contributed by atoms with E-state index in [1.165, 1.54) is 109 Å². The molecular formula is C36H52F2O3. The molecule has 0 spiro atoms. The highest BCUT2D eigenvalue weighted by molar-refractivity contribution is 5.84. The van der Waals surface area contributed by atoms with Crippen LogP contribution in [0.4, 0.5) is 8.78 Å². The quantitative estimate of drug-likeness (QED) is 0.108. The molecule has 0 saturated carbocycles. The van der Waals surface area contributed by atoms with E-state index in [4.69, 9.17) is 9.47 Å². The summed E-state index contributed by atoms with van der Waals surface area (Å²) < 4.78 is 42.2. The number of benzene rings is 2. The summed E-state index contributed by atoms with van der Waals surface area (Å²) in [6.45, 7) is 9.47. The lowest BCUT2D eigenvalue weighted by molar-refractivity contribution is -0.131. The third-order valence-corrected chi connectivity index (χ3v) is 8.82. The second-order valence-electron chi connectivity index (χ2n) is 12.4. The largest absolute Gasteiger partial charge is 0.487 e. The predicted octanol–water partition coefficient (Wildman–Crippen LogP) is 11.1. The molecule has 0 saturated heterocycles. The van der Waals surface area contributed by atoms with Gasteiger partial charge in [-0.05, 0) is 69.7 Å². The first-order chi connectivity index (χ1) is 19.7. The van der Waals surface area contributed by atoms with Crippen LogP contribution in [0.15, 0.2) is 18.2 Å². The van der Waals surface area contributed by atoms with Gasteiger partial charge in [0.2, 0.25) is 0 Å². The lowest BCUT2D eigenvalue weighted by Gasteiger charge is -2.38. The second-order valence-corrected chi connectivity index (χ2v) is 12.4. The first kappa shape index (κ1) is 33.1. The average Bonchev–Trinajstić information content (AvgIpc) is 2.93. The predicted molar refractivity (Wildman–Crippen MR) is 165 cm³/mol. The molecule has 1 aliphatic heterocycles. The maximum atomic E-state index is 15.0. The van der Waals surface area contributed by atoms with Gasteiger partial charge in [-0.3, -0.25) is 4.79 Å². The first-order valence-corrected chi connectivity index (χ1v) is 16.2. The molecule has 0 unspecified atom stereocenters. The second kappa shape index (κ2) is 16.3. The van der Waals surface area contributed by atoms with E-state index < -0.39 is 17.6 Å². The Labute approximate surface area is 247 Å². The van der Waals surface area contributed by atoms with Gasteiger partial charge >= 0.3 is 5.97 Å². The molecule has 228 valence electrons. The Kier molecular flexibility index (Phi) is 13.1. The standard InChI is InChI=1S/C36H52F2O3/c1-6-7-8-9-10-11-12-13-14-15-16-17-18-19-24-36(5)25-23-29-32(33-30(37)21-20-22-31(33)38)35(40-28(4)39)27(3)26(2)34(29)41-36/h20-22H,6-19,23-25H2,1-5H3/t36-/m1/s1. The Morgan fingerprint density at radius 3 is 1.85 bits per heavy atom. The molecule has 0 N–H and O–H groups in total. The minimum atomic E-state index is -0.681. The Balaban J connectivity index is 1.56. The van der Waals surface area contributed by atoms with Crippen molar-refractivity contribution in [2.24, 2.45) is 0 Å². The van der Waals surface area contributed by atoms with Gasteiger partial charge in [0.25, 0.3) is 0 Å². The number of halogens is 2. The summed E-state index contributed by atoms with van der Waals surface area (Å²) in [5.74, 6) is -0.990. The number of fused-ring (bicyclic) bond motifs is 1. The van der Waals surface area contributed by atoms with E-state index in [2.05, 4.69) is 13.8 Å². The van der Waals surface area contributed by atoms with Crippen molar-refractivity contribution in [1.29, 1.82) is 0 Å². The summed E-state index contributed by atoms with van der Waals surface area (Å²) >= 11 is 0. The van der Waals surface area contributed by atoms with Gasteiger partial charge in [-0.1, -0.05) is 96.5 Å². The number of hydrogen-bond acceptors (Lipinski definition) is 3. The molecule has 0 fully saturated rings. The highest BCUT2D eigenvalue weighted by Crippen LogP contribution is 2.50. The van der Waals surface area contributed by atoms with Crippen LogP contribution in [0.3, 0.4) is 0 Å². The van der Waals surface area contributed by atoms with Gasteiger partial charge in [0.1, 0.15) is 28.7 Å². The van der Waals surface area contributed by atoms with E-state index >= 15 is 8.78 Å². The third kappa shape index (κ3) is 9.28. The molecule has 41 heavy (non-hydrogen) atoms. The summed E-state index contributed by atoms with van der Waals surface area (Å²) in [6, 6.07) is 3.82. The van der Waals surface area contributed by atoms with E-state index in [0.29, 0.717) is 28.9 Å². The summed E-state index contributed by atoms with van der Waals surface area (Å²) in [6.07, 6.45) is 20.9. The number of carbonyl (C=O) groups excluding carboxylic acids is 1. The van der Waals surface area contributed by atoms with Gasteiger partial charge in [0.15, 0.2) is 0 Å².